The minimum atomic E-state index is 0.717. The van der Waals surface area contributed by atoms with E-state index in [1.807, 2.05) is 17.5 Å². The van der Waals surface area contributed by atoms with Crippen LogP contribution in [0.1, 0.15) is 10.4 Å². The van der Waals surface area contributed by atoms with Gasteiger partial charge in [0.05, 0.1) is 7.11 Å². The number of hydrogen-bond acceptors (Lipinski definition) is 3. The van der Waals surface area contributed by atoms with Gasteiger partial charge in [-0.1, -0.05) is 0 Å². The Hall–Kier alpha value is -0.620. The number of aldehydes is 1. The van der Waals surface area contributed by atoms with Crippen molar-refractivity contribution in [2.24, 2.45) is 0 Å². The van der Waals surface area contributed by atoms with Gasteiger partial charge in [-0.25, -0.2) is 0 Å². The molecule has 0 saturated carbocycles. The van der Waals surface area contributed by atoms with E-state index in [1.54, 1.807) is 18.4 Å². The van der Waals surface area contributed by atoms with Gasteiger partial charge in [0.2, 0.25) is 0 Å². The molecule has 0 aliphatic rings. The quantitative estimate of drug-likeness (QED) is 0.627. The summed E-state index contributed by atoms with van der Waals surface area (Å²) < 4.78 is 7.35. The molecular weight excluding hydrogens is 311 g/mol. The number of carbonyl (C=O) groups is 1. The Morgan fingerprint density at radius 2 is 2.29 bits per heavy atom. The van der Waals surface area contributed by atoms with Gasteiger partial charge >= 0.3 is 0 Å². The first-order chi connectivity index (χ1) is 6.77. The molecule has 0 saturated heterocycles. The fraction of sp³-hybridized carbons (Fsp3) is 0.100. The lowest BCUT2D eigenvalue weighted by Gasteiger charge is -2.01. The highest BCUT2D eigenvalue weighted by Gasteiger charge is 2.10. The predicted octanol–water partition coefficient (Wildman–Crippen LogP) is 3.33. The van der Waals surface area contributed by atoms with E-state index in [0.29, 0.717) is 0 Å². The average Bonchev–Trinajstić information content (AvgIpc) is 2.62. The minimum absolute atomic E-state index is 0.717. The van der Waals surface area contributed by atoms with Gasteiger partial charge in [0.25, 0.3) is 0 Å². The Morgan fingerprint density at radius 1 is 1.50 bits per heavy atom. The van der Waals surface area contributed by atoms with Crippen LogP contribution in [0, 0.1) is 3.57 Å². The first-order valence-electron chi connectivity index (χ1n) is 3.96. The van der Waals surface area contributed by atoms with Crippen LogP contribution in [0.15, 0.2) is 17.5 Å². The normalized spacial score (nSPS) is 10.4. The Morgan fingerprint density at radius 3 is 2.93 bits per heavy atom. The summed E-state index contributed by atoms with van der Waals surface area (Å²) in [6, 6.07) is 3.79. The molecule has 0 unspecified atom stereocenters. The molecule has 0 fully saturated rings. The number of halogens is 1. The molecule has 0 bridgehead atoms. The van der Waals surface area contributed by atoms with Crippen molar-refractivity contribution in [3.63, 3.8) is 0 Å². The van der Waals surface area contributed by atoms with E-state index >= 15 is 0 Å². The zero-order chi connectivity index (χ0) is 10.1. The van der Waals surface area contributed by atoms with Crippen LogP contribution in [0.2, 0.25) is 0 Å². The molecule has 0 radical (unpaired) electrons. The first-order valence-corrected chi connectivity index (χ1v) is 5.92. The van der Waals surface area contributed by atoms with E-state index < -0.39 is 0 Å². The Labute approximate surface area is 99.0 Å². The van der Waals surface area contributed by atoms with Crippen molar-refractivity contribution in [2.75, 3.05) is 7.11 Å². The SMILES string of the molecule is COc1csc2ccc(C=O)c(I)c12. The maximum atomic E-state index is 10.8. The highest BCUT2D eigenvalue weighted by atomic mass is 127. The van der Waals surface area contributed by atoms with Gasteiger partial charge in [0, 0.05) is 24.6 Å². The molecule has 1 aromatic carbocycles. The first kappa shape index (κ1) is 9.92. The van der Waals surface area contributed by atoms with Crippen molar-refractivity contribution in [1.82, 2.24) is 0 Å². The van der Waals surface area contributed by atoms with Crippen molar-refractivity contribution in [2.45, 2.75) is 0 Å². The third-order valence-electron chi connectivity index (χ3n) is 2.02. The standard InChI is InChI=1S/C10H7IO2S/c1-13-7-5-14-8-3-2-6(4-12)10(11)9(7)8/h2-5H,1H3. The fourth-order valence-electron chi connectivity index (χ4n) is 1.32. The topological polar surface area (TPSA) is 26.3 Å². The van der Waals surface area contributed by atoms with Crippen LogP contribution in [-0.4, -0.2) is 13.4 Å². The molecule has 1 heterocycles. The third kappa shape index (κ3) is 1.42. The average molecular weight is 318 g/mol. The lowest BCUT2D eigenvalue weighted by Crippen LogP contribution is -1.87. The molecule has 72 valence electrons. The Bertz CT molecular complexity index is 490. The van der Waals surface area contributed by atoms with E-state index in [-0.39, 0.29) is 0 Å². The van der Waals surface area contributed by atoms with Gasteiger partial charge in [-0.2, -0.15) is 0 Å². The van der Waals surface area contributed by atoms with E-state index in [2.05, 4.69) is 22.6 Å². The van der Waals surface area contributed by atoms with Gasteiger partial charge in [-0.15, -0.1) is 11.3 Å². The molecule has 14 heavy (non-hydrogen) atoms. The number of ether oxygens (including phenoxy) is 1. The smallest absolute Gasteiger partial charge is 0.151 e. The van der Waals surface area contributed by atoms with E-state index in [9.17, 15) is 4.79 Å². The van der Waals surface area contributed by atoms with Crippen LogP contribution in [0.3, 0.4) is 0 Å². The molecule has 0 aliphatic heterocycles. The largest absolute Gasteiger partial charge is 0.495 e. The lowest BCUT2D eigenvalue weighted by atomic mass is 10.2. The van der Waals surface area contributed by atoms with Crippen molar-refractivity contribution in [1.29, 1.82) is 0 Å². The summed E-state index contributed by atoms with van der Waals surface area (Å²) in [7, 11) is 1.64. The molecule has 0 aliphatic carbocycles. The maximum Gasteiger partial charge on any atom is 0.151 e. The number of carbonyl (C=O) groups excluding carboxylic acids is 1. The van der Waals surface area contributed by atoms with Crippen molar-refractivity contribution < 1.29 is 9.53 Å². The molecule has 4 heteroatoms. The summed E-state index contributed by atoms with van der Waals surface area (Å²) in [6.07, 6.45) is 0.873. The predicted molar refractivity (Wildman–Crippen MR) is 66.5 cm³/mol. The van der Waals surface area contributed by atoms with Crippen molar-refractivity contribution in [3.8, 4) is 5.75 Å². The number of hydrogen-bond donors (Lipinski definition) is 0. The number of methoxy groups -OCH3 is 1. The van der Waals surface area contributed by atoms with Gasteiger partial charge in [0.15, 0.2) is 6.29 Å². The van der Waals surface area contributed by atoms with Gasteiger partial charge in [-0.3, -0.25) is 4.79 Å². The monoisotopic (exact) mass is 318 g/mol. The Kier molecular flexibility index (Phi) is 2.73. The van der Waals surface area contributed by atoms with Crippen LogP contribution in [0.4, 0.5) is 0 Å². The lowest BCUT2D eigenvalue weighted by molar-refractivity contribution is 0.112. The second-order valence-corrected chi connectivity index (χ2v) is 4.75. The Balaban J connectivity index is 2.83. The molecule has 0 amide bonds. The third-order valence-corrected chi connectivity index (χ3v) is 4.11. The summed E-state index contributed by atoms with van der Waals surface area (Å²) in [5, 5.41) is 3.00. The highest BCUT2D eigenvalue weighted by Crippen LogP contribution is 2.36. The fourth-order valence-corrected chi connectivity index (χ4v) is 3.28. The van der Waals surface area contributed by atoms with Crippen molar-refractivity contribution in [3.05, 3.63) is 26.6 Å². The summed E-state index contributed by atoms with van der Waals surface area (Å²) in [5.74, 6) is 0.845. The summed E-state index contributed by atoms with van der Waals surface area (Å²) in [6.45, 7) is 0. The molecule has 0 atom stereocenters. The number of thiophene rings is 1. The molecule has 2 nitrogen and oxygen atoms in total. The zero-order valence-corrected chi connectivity index (χ0v) is 10.4. The van der Waals surface area contributed by atoms with Crippen LogP contribution in [0.5, 0.6) is 5.75 Å². The zero-order valence-electron chi connectivity index (χ0n) is 7.41. The molecule has 2 aromatic rings. The van der Waals surface area contributed by atoms with Gasteiger partial charge in [-0.05, 0) is 34.7 Å². The molecule has 0 spiro atoms. The van der Waals surface area contributed by atoms with Gasteiger partial charge < -0.3 is 4.74 Å². The van der Waals surface area contributed by atoms with E-state index in [4.69, 9.17) is 4.74 Å². The van der Waals surface area contributed by atoms with Gasteiger partial charge in [0.1, 0.15) is 5.75 Å². The van der Waals surface area contributed by atoms with Crippen molar-refractivity contribution >= 4 is 50.3 Å². The van der Waals surface area contributed by atoms with Crippen LogP contribution in [-0.2, 0) is 0 Å². The van der Waals surface area contributed by atoms with E-state index in [0.717, 1.165) is 31.3 Å². The van der Waals surface area contributed by atoms with Crippen LogP contribution < -0.4 is 4.74 Å². The summed E-state index contributed by atoms with van der Waals surface area (Å²) in [5.41, 5.74) is 0.717. The van der Waals surface area contributed by atoms with Crippen LogP contribution >= 0.6 is 33.9 Å². The number of rotatable bonds is 2. The molecule has 1 aromatic heterocycles. The molecule has 0 N–H and O–H groups in total. The second kappa shape index (κ2) is 3.86. The maximum absolute atomic E-state index is 10.8. The molecule has 2 rings (SSSR count). The van der Waals surface area contributed by atoms with E-state index in [1.165, 1.54) is 0 Å². The minimum Gasteiger partial charge on any atom is -0.495 e. The van der Waals surface area contributed by atoms with Crippen LogP contribution in [0.25, 0.3) is 10.1 Å². The number of benzene rings is 1. The summed E-state index contributed by atoms with van der Waals surface area (Å²) in [4.78, 5) is 10.8. The second-order valence-electron chi connectivity index (χ2n) is 2.76. The summed E-state index contributed by atoms with van der Waals surface area (Å²) >= 11 is 3.81. The molecular formula is C10H7IO2S. The number of fused-ring (bicyclic) bond motifs is 1. The highest BCUT2D eigenvalue weighted by molar-refractivity contribution is 14.1.